The summed E-state index contributed by atoms with van der Waals surface area (Å²) < 4.78 is 7.59. The van der Waals surface area contributed by atoms with Crippen molar-refractivity contribution < 1.29 is 9.53 Å². The van der Waals surface area contributed by atoms with Crippen LogP contribution in [0.3, 0.4) is 0 Å². The Bertz CT molecular complexity index is 1460. The van der Waals surface area contributed by atoms with Crippen molar-refractivity contribution in [1.82, 2.24) is 19.9 Å². The summed E-state index contributed by atoms with van der Waals surface area (Å²) in [6.45, 7) is 3.79. The fraction of sp³-hybridized carbons (Fsp3) is 0.296. The molecule has 0 unspecified atom stereocenters. The molecule has 4 heterocycles. The van der Waals surface area contributed by atoms with E-state index >= 15 is 0 Å². The molecule has 2 aromatic heterocycles. The van der Waals surface area contributed by atoms with Crippen LogP contribution in [0, 0.1) is 0 Å². The maximum Gasteiger partial charge on any atom is 0.271 e. The van der Waals surface area contributed by atoms with Crippen molar-refractivity contribution in [2.75, 3.05) is 36.1 Å². The van der Waals surface area contributed by atoms with E-state index in [0.29, 0.717) is 36.9 Å². The molecule has 0 bridgehead atoms. The number of pyridine rings is 1. The van der Waals surface area contributed by atoms with Crippen LogP contribution in [0.1, 0.15) is 40.3 Å². The van der Waals surface area contributed by atoms with Gasteiger partial charge in [0.25, 0.3) is 5.91 Å². The van der Waals surface area contributed by atoms with Gasteiger partial charge in [0.15, 0.2) is 0 Å². The van der Waals surface area contributed by atoms with Crippen molar-refractivity contribution >= 4 is 33.9 Å². The molecule has 0 saturated carbocycles. The van der Waals surface area contributed by atoms with Gasteiger partial charge in [0.1, 0.15) is 23.1 Å². The lowest BCUT2D eigenvalue weighted by Gasteiger charge is -2.19. The summed E-state index contributed by atoms with van der Waals surface area (Å²) in [4.78, 5) is 24.2. The van der Waals surface area contributed by atoms with Gasteiger partial charge in [0.05, 0.1) is 20.2 Å². The van der Waals surface area contributed by atoms with Gasteiger partial charge in [-0.1, -0.05) is 6.07 Å². The first kappa shape index (κ1) is 22.2. The molecule has 4 N–H and O–H groups in total. The number of hydrogen-bond acceptors (Lipinski definition) is 7. The highest BCUT2D eigenvalue weighted by Gasteiger charge is 2.20. The lowest BCUT2D eigenvalue weighted by atomic mass is 10.1. The van der Waals surface area contributed by atoms with Gasteiger partial charge in [-0.3, -0.25) is 4.79 Å². The molecule has 0 spiro atoms. The maximum atomic E-state index is 13.0. The molecule has 1 saturated heterocycles. The minimum Gasteiger partial charge on any atom is -0.496 e. The average molecular weight is 484 g/mol. The fourth-order valence-corrected chi connectivity index (χ4v) is 5.10. The SMILES string of the molecule is COc1cc2c(N)nccc2cc1CNC(=O)c1cn2c(n1)CNc1cc(N3CCCC3)ccc1C2. The number of methoxy groups -OCH3 is 1. The lowest BCUT2D eigenvalue weighted by Crippen LogP contribution is -2.23. The molecule has 0 aliphatic carbocycles. The molecule has 9 heteroatoms. The first-order valence-electron chi connectivity index (χ1n) is 12.3. The van der Waals surface area contributed by atoms with E-state index < -0.39 is 0 Å². The summed E-state index contributed by atoms with van der Waals surface area (Å²) in [5, 5.41) is 8.27. The summed E-state index contributed by atoms with van der Waals surface area (Å²) in [6, 6.07) is 12.3. The number of aromatic nitrogens is 3. The molecule has 36 heavy (non-hydrogen) atoms. The number of fused-ring (bicyclic) bond motifs is 3. The van der Waals surface area contributed by atoms with Crippen LogP contribution in [0.4, 0.5) is 17.2 Å². The lowest BCUT2D eigenvalue weighted by molar-refractivity contribution is 0.0946. The Kier molecular flexibility index (Phi) is 5.59. The predicted molar refractivity (Wildman–Crippen MR) is 140 cm³/mol. The number of anilines is 3. The third-order valence-electron chi connectivity index (χ3n) is 7.07. The molecule has 4 aromatic rings. The first-order chi connectivity index (χ1) is 17.6. The fourth-order valence-electron chi connectivity index (χ4n) is 5.10. The smallest absolute Gasteiger partial charge is 0.271 e. The zero-order valence-electron chi connectivity index (χ0n) is 20.3. The summed E-state index contributed by atoms with van der Waals surface area (Å²) in [6.07, 6.45) is 6.01. The highest BCUT2D eigenvalue weighted by molar-refractivity contribution is 5.94. The third kappa shape index (κ3) is 4.06. The van der Waals surface area contributed by atoms with Crippen molar-refractivity contribution in [3.63, 3.8) is 0 Å². The first-order valence-corrected chi connectivity index (χ1v) is 12.3. The molecule has 1 fully saturated rings. The van der Waals surface area contributed by atoms with Crippen molar-refractivity contribution in [2.45, 2.75) is 32.5 Å². The standard InChI is InChI=1S/C27H29N7O2/c1-36-24-12-21-17(6-7-29-26(21)28)10-19(24)13-31-27(35)23-16-34-15-18-4-5-20(33-8-2-3-9-33)11-22(18)30-14-25(34)32-23/h4-7,10-12,16,30H,2-3,8-9,13-15H2,1H3,(H2,28,29)(H,31,35). The van der Waals surface area contributed by atoms with E-state index in [4.69, 9.17) is 10.5 Å². The number of hydrogen-bond donors (Lipinski definition) is 3. The van der Waals surface area contributed by atoms with E-state index in [1.807, 2.05) is 24.4 Å². The number of imidazole rings is 1. The molecular weight excluding hydrogens is 454 g/mol. The van der Waals surface area contributed by atoms with E-state index in [2.05, 4.69) is 48.3 Å². The van der Waals surface area contributed by atoms with Crippen LogP contribution in [0.25, 0.3) is 10.8 Å². The van der Waals surface area contributed by atoms with Crippen LogP contribution >= 0.6 is 0 Å². The second-order valence-electron chi connectivity index (χ2n) is 9.32. The highest BCUT2D eigenvalue weighted by Crippen LogP contribution is 2.30. The molecular formula is C27H29N7O2. The Morgan fingerprint density at radius 3 is 2.89 bits per heavy atom. The number of ether oxygens (including phenoxy) is 1. The minimum atomic E-state index is -0.225. The van der Waals surface area contributed by atoms with Gasteiger partial charge in [-0.05, 0) is 54.1 Å². The molecule has 2 aliphatic heterocycles. The monoisotopic (exact) mass is 483 g/mol. The van der Waals surface area contributed by atoms with E-state index in [1.165, 1.54) is 24.1 Å². The quantitative estimate of drug-likeness (QED) is 0.398. The van der Waals surface area contributed by atoms with E-state index in [-0.39, 0.29) is 5.91 Å². The van der Waals surface area contributed by atoms with Gasteiger partial charge < -0.3 is 30.6 Å². The largest absolute Gasteiger partial charge is 0.496 e. The van der Waals surface area contributed by atoms with E-state index in [0.717, 1.165) is 40.9 Å². The zero-order valence-corrected chi connectivity index (χ0v) is 20.3. The summed E-state index contributed by atoms with van der Waals surface area (Å²) >= 11 is 0. The Hall–Kier alpha value is -4.27. The Morgan fingerprint density at radius 1 is 1.19 bits per heavy atom. The summed E-state index contributed by atoms with van der Waals surface area (Å²) in [5.74, 6) is 1.71. The third-order valence-corrected chi connectivity index (χ3v) is 7.07. The highest BCUT2D eigenvalue weighted by atomic mass is 16.5. The number of nitrogens with two attached hydrogens (primary N) is 1. The van der Waals surface area contributed by atoms with Gasteiger partial charge in [0, 0.05) is 54.4 Å². The van der Waals surface area contributed by atoms with Crippen molar-refractivity contribution in [2.24, 2.45) is 0 Å². The minimum absolute atomic E-state index is 0.225. The number of nitrogens with one attached hydrogen (secondary N) is 2. The second kappa shape index (κ2) is 9.07. The van der Waals surface area contributed by atoms with Crippen LogP contribution < -0.4 is 26.0 Å². The van der Waals surface area contributed by atoms with Gasteiger partial charge >= 0.3 is 0 Å². The number of amides is 1. The van der Waals surface area contributed by atoms with Gasteiger partial charge in [-0.25, -0.2) is 9.97 Å². The van der Waals surface area contributed by atoms with Gasteiger partial charge in [-0.2, -0.15) is 0 Å². The van der Waals surface area contributed by atoms with Crippen molar-refractivity contribution in [1.29, 1.82) is 0 Å². The number of benzene rings is 2. The normalized spacial score (nSPS) is 14.6. The molecule has 184 valence electrons. The molecule has 9 nitrogen and oxygen atoms in total. The van der Waals surface area contributed by atoms with Crippen molar-refractivity contribution in [3.8, 4) is 5.75 Å². The number of nitrogens with zero attached hydrogens (tertiary/aromatic N) is 4. The molecule has 2 aromatic carbocycles. The Morgan fingerprint density at radius 2 is 2.06 bits per heavy atom. The number of carbonyl (C=O) groups is 1. The molecule has 1 amide bonds. The van der Waals surface area contributed by atoms with E-state index in [9.17, 15) is 4.79 Å². The van der Waals surface area contributed by atoms with Crippen molar-refractivity contribution in [3.05, 3.63) is 71.4 Å². The summed E-state index contributed by atoms with van der Waals surface area (Å²) in [7, 11) is 1.60. The molecule has 6 rings (SSSR count). The topological polar surface area (TPSA) is 110 Å². The van der Waals surface area contributed by atoms with Crippen LogP contribution in [0.15, 0.2) is 48.8 Å². The average Bonchev–Trinajstić information content (AvgIpc) is 3.54. The zero-order chi connectivity index (χ0) is 24.6. The predicted octanol–water partition coefficient (Wildman–Crippen LogP) is 3.53. The Labute approximate surface area is 209 Å². The van der Waals surface area contributed by atoms with Crippen LogP contribution in [-0.4, -0.2) is 40.6 Å². The number of nitrogen functional groups attached to an aromatic ring is 1. The number of carbonyl (C=O) groups excluding carboxylic acids is 1. The van der Waals surface area contributed by atoms with Gasteiger partial charge in [0.2, 0.25) is 0 Å². The Balaban J connectivity index is 1.18. The molecule has 0 atom stereocenters. The molecule has 0 radical (unpaired) electrons. The molecule has 2 aliphatic rings. The van der Waals surface area contributed by atoms with Gasteiger partial charge in [-0.15, -0.1) is 0 Å². The van der Waals surface area contributed by atoms with Crippen LogP contribution in [0.2, 0.25) is 0 Å². The van der Waals surface area contributed by atoms with Crippen LogP contribution in [-0.2, 0) is 19.6 Å². The maximum absolute atomic E-state index is 13.0. The van der Waals surface area contributed by atoms with Crippen LogP contribution in [0.5, 0.6) is 5.75 Å². The summed E-state index contributed by atoms with van der Waals surface area (Å²) in [5.41, 5.74) is 10.8. The van der Waals surface area contributed by atoms with E-state index in [1.54, 1.807) is 13.3 Å². The second-order valence-corrected chi connectivity index (χ2v) is 9.32. The number of rotatable bonds is 5.